The minimum absolute atomic E-state index is 0.219. The second kappa shape index (κ2) is 4.22. The maximum Gasteiger partial charge on any atom is 0.164 e. The summed E-state index contributed by atoms with van der Waals surface area (Å²) in [6.07, 6.45) is 5.99. The molecule has 0 saturated heterocycles. The van der Waals surface area contributed by atoms with E-state index in [9.17, 15) is 4.79 Å². The Bertz CT molecular complexity index is 330. The van der Waals surface area contributed by atoms with E-state index in [4.69, 9.17) is 0 Å². The van der Waals surface area contributed by atoms with Gasteiger partial charge in [0.15, 0.2) is 5.78 Å². The van der Waals surface area contributed by atoms with Gasteiger partial charge in [-0.2, -0.15) is 0 Å². The van der Waals surface area contributed by atoms with Crippen molar-refractivity contribution in [1.29, 1.82) is 0 Å². The number of aromatic nitrogens is 1. The van der Waals surface area contributed by atoms with Crippen LogP contribution in [0.1, 0.15) is 36.0 Å². The van der Waals surface area contributed by atoms with E-state index < -0.39 is 0 Å². The number of hydrogen-bond acceptors (Lipinski definition) is 2. The van der Waals surface area contributed by atoms with E-state index in [1.807, 2.05) is 12.1 Å². The fourth-order valence-electron chi connectivity index (χ4n) is 1.43. The topological polar surface area (TPSA) is 30.0 Å². The first-order valence-corrected chi connectivity index (χ1v) is 5.70. The van der Waals surface area contributed by atoms with Crippen molar-refractivity contribution in [3.63, 3.8) is 0 Å². The summed E-state index contributed by atoms with van der Waals surface area (Å²) in [4.78, 5) is 15.7. The first kappa shape index (κ1) is 9.84. The fraction of sp³-hybridized carbons (Fsp3) is 0.455. The van der Waals surface area contributed by atoms with Crippen molar-refractivity contribution in [2.45, 2.75) is 25.7 Å². The maximum absolute atomic E-state index is 11.6. The first-order chi connectivity index (χ1) is 6.75. The summed E-state index contributed by atoms with van der Waals surface area (Å²) in [7, 11) is 0. The third kappa shape index (κ3) is 2.64. The summed E-state index contributed by atoms with van der Waals surface area (Å²) in [6.45, 7) is 0. The second-order valence-corrected chi connectivity index (χ2v) is 4.59. The largest absolute Gasteiger partial charge is 0.294 e. The molecule has 0 N–H and O–H groups in total. The number of ketones is 1. The monoisotopic (exact) mass is 253 g/mol. The van der Waals surface area contributed by atoms with Crippen molar-refractivity contribution >= 4 is 21.7 Å². The Balaban J connectivity index is 1.92. The van der Waals surface area contributed by atoms with Crippen molar-refractivity contribution in [1.82, 2.24) is 4.98 Å². The molecule has 74 valence electrons. The van der Waals surface area contributed by atoms with Crippen LogP contribution in [0, 0.1) is 5.92 Å². The van der Waals surface area contributed by atoms with Crippen molar-refractivity contribution < 1.29 is 4.79 Å². The standard InChI is InChI=1S/C11H12BrNO/c12-11-6-4-9(7-13-11)10(14)5-3-8-1-2-8/h4,6-8H,1-3,5H2. The Morgan fingerprint density at radius 1 is 1.50 bits per heavy atom. The molecule has 0 radical (unpaired) electrons. The van der Waals surface area contributed by atoms with Gasteiger partial charge >= 0.3 is 0 Å². The smallest absolute Gasteiger partial charge is 0.164 e. The molecule has 0 unspecified atom stereocenters. The summed E-state index contributed by atoms with van der Waals surface area (Å²) in [6, 6.07) is 3.64. The van der Waals surface area contributed by atoms with Crippen LogP contribution in [0.5, 0.6) is 0 Å². The van der Waals surface area contributed by atoms with Gasteiger partial charge in [0.25, 0.3) is 0 Å². The fourth-order valence-corrected chi connectivity index (χ4v) is 1.66. The number of pyridine rings is 1. The molecule has 0 spiro atoms. The van der Waals surface area contributed by atoms with Crippen LogP contribution < -0.4 is 0 Å². The summed E-state index contributed by atoms with van der Waals surface area (Å²) >= 11 is 3.24. The molecular formula is C11H12BrNO. The summed E-state index contributed by atoms with van der Waals surface area (Å²) < 4.78 is 0.774. The van der Waals surface area contributed by atoms with Crippen LogP contribution in [0.2, 0.25) is 0 Å². The van der Waals surface area contributed by atoms with Crippen LogP contribution in [-0.4, -0.2) is 10.8 Å². The van der Waals surface area contributed by atoms with E-state index in [2.05, 4.69) is 20.9 Å². The number of carbonyl (C=O) groups excluding carboxylic acids is 1. The SMILES string of the molecule is O=C(CCC1CC1)c1ccc(Br)nc1. The van der Waals surface area contributed by atoms with E-state index in [-0.39, 0.29) is 5.78 Å². The van der Waals surface area contributed by atoms with Crippen LogP contribution in [0.25, 0.3) is 0 Å². The van der Waals surface area contributed by atoms with Crippen molar-refractivity contribution in [3.8, 4) is 0 Å². The van der Waals surface area contributed by atoms with Crippen LogP contribution >= 0.6 is 15.9 Å². The number of nitrogens with zero attached hydrogens (tertiary/aromatic N) is 1. The Morgan fingerprint density at radius 3 is 2.86 bits per heavy atom. The Kier molecular flexibility index (Phi) is 2.96. The van der Waals surface area contributed by atoms with E-state index in [1.165, 1.54) is 12.8 Å². The molecule has 3 heteroatoms. The van der Waals surface area contributed by atoms with Crippen molar-refractivity contribution in [2.75, 3.05) is 0 Å². The molecular weight excluding hydrogens is 242 g/mol. The zero-order chi connectivity index (χ0) is 9.97. The molecule has 0 atom stereocenters. The third-order valence-electron chi connectivity index (χ3n) is 2.53. The van der Waals surface area contributed by atoms with Crippen molar-refractivity contribution in [3.05, 3.63) is 28.5 Å². The molecule has 14 heavy (non-hydrogen) atoms. The average molecular weight is 254 g/mol. The highest BCUT2D eigenvalue weighted by Crippen LogP contribution is 2.33. The van der Waals surface area contributed by atoms with Gasteiger partial charge in [-0.1, -0.05) is 12.8 Å². The van der Waals surface area contributed by atoms with E-state index in [0.29, 0.717) is 6.42 Å². The Morgan fingerprint density at radius 2 is 2.29 bits per heavy atom. The number of Topliss-reactive ketones (excluding diaryl/α,β-unsaturated/α-hetero) is 1. The third-order valence-corrected chi connectivity index (χ3v) is 3.00. The van der Waals surface area contributed by atoms with Crippen LogP contribution in [0.4, 0.5) is 0 Å². The normalized spacial score (nSPS) is 15.5. The Hall–Kier alpha value is -0.700. The molecule has 0 aliphatic heterocycles. The lowest BCUT2D eigenvalue weighted by Gasteiger charge is -1.99. The molecule has 1 saturated carbocycles. The van der Waals surface area contributed by atoms with Crippen molar-refractivity contribution in [2.24, 2.45) is 5.92 Å². The molecule has 2 nitrogen and oxygen atoms in total. The summed E-state index contributed by atoms with van der Waals surface area (Å²) in [5.74, 6) is 1.04. The predicted octanol–water partition coefficient (Wildman–Crippen LogP) is 3.22. The zero-order valence-electron chi connectivity index (χ0n) is 7.87. The predicted molar refractivity (Wildman–Crippen MR) is 58.2 cm³/mol. The zero-order valence-corrected chi connectivity index (χ0v) is 9.46. The van der Waals surface area contributed by atoms with Gasteiger partial charge < -0.3 is 0 Å². The molecule has 0 amide bonds. The average Bonchev–Trinajstić information content (AvgIpc) is 2.99. The van der Waals surface area contributed by atoms with Gasteiger partial charge in [-0.15, -0.1) is 0 Å². The highest BCUT2D eigenvalue weighted by atomic mass is 79.9. The minimum Gasteiger partial charge on any atom is -0.294 e. The molecule has 1 aromatic rings. The molecule has 1 aliphatic carbocycles. The van der Waals surface area contributed by atoms with E-state index in [0.717, 1.165) is 22.5 Å². The number of rotatable bonds is 4. The van der Waals surface area contributed by atoms with Gasteiger partial charge in [0.2, 0.25) is 0 Å². The lowest BCUT2D eigenvalue weighted by molar-refractivity contribution is 0.0977. The molecule has 1 fully saturated rings. The lowest BCUT2D eigenvalue weighted by atomic mass is 10.1. The highest BCUT2D eigenvalue weighted by molar-refractivity contribution is 9.10. The van der Waals surface area contributed by atoms with Gasteiger partial charge in [0, 0.05) is 18.2 Å². The number of hydrogen-bond donors (Lipinski definition) is 0. The number of carbonyl (C=O) groups is 1. The Labute approximate surface area is 91.9 Å². The quantitative estimate of drug-likeness (QED) is 0.610. The van der Waals surface area contributed by atoms with Crippen LogP contribution in [-0.2, 0) is 0 Å². The maximum atomic E-state index is 11.6. The highest BCUT2D eigenvalue weighted by Gasteiger charge is 2.22. The van der Waals surface area contributed by atoms with Gasteiger partial charge in [-0.3, -0.25) is 4.79 Å². The molecule has 0 bridgehead atoms. The molecule has 1 aliphatic rings. The first-order valence-electron chi connectivity index (χ1n) is 4.90. The van der Waals surface area contributed by atoms with Gasteiger partial charge in [-0.25, -0.2) is 4.98 Å². The lowest BCUT2D eigenvalue weighted by Crippen LogP contribution is -1.99. The molecule has 0 aromatic carbocycles. The molecule has 2 rings (SSSR count). The van der Waals surface area contributed by atoms with E-state index in [1.54, 1.807) is 6.20 Å². The number of halogens is 1. The minimum atomic E-state index is 0.219. The second-order valence-electron chi connectivity index (χ2n) is 3.77. The summed E-state index contributed by atoms with van der Waals surface area (Å²) in [5.41, 5.74) is 0.730. The summed E-state index contributed by atoms with van der Waals surface area (Å²) in [5, 5.41) is 0. The van der Waals surface area contributed by atoms with Gasteiger partial charge in [0.1, 0.15) is 4.60 Å². The van der Waals surface area contributed by atoms with Crippen LogP contribution in [0.3, 0.4) is 0 Å². The van der Waals surface area contributed by atoms with Gasteiger partial charge in [0.05, 0.1) is 0 Å². The van der Waals surface area contributed by atoms with Gasteiger partial charge in [-0.05, 0) is 40.4 Å². The molecule has 1 heterocycles. The molecule has 1 aromatic heterocycles. The van der Waals surface area contributed by atoms with Crippen LogP contribution in [0.15, 0.2) is 22.9 Å². The van der Waals surface area contributed by atoms with E-state index >= 15 is 0 Å².